The van der Waals surface area contributed by atoms with Gasteiger partial charge in [0.2, 0.25) is 0 Å². The van der Waals surface area contributed by atoms with Gasteiger partial charge in [-0.3, -0.25) is 0 Å². The van der Waals surface area contributed by atoms with Crippen LogP contribution < -0.4 is 0 Å². The molecule has 0 fully saturated rings. The molecule has 0 spiro atoms. The van der Waals surface area contributed by atoms with E-state index in [0.29, 0.717) is 0 Å². The minimum atomic E-state index is -5.66. The Morgan fingerprint density at radius 3 is 1.56 bits per heavy atom. The molecule has 0 saturated carbocycles. The smallest absolute Gasteiger partial charge is 0.742 e. The van der Waals surface area contributed by atoms with Crippen LogP contribution in [0.3, 0.4) is 0 Å². The second kappa shape index (κ2) is 3.27. The molecular formula is CAgClF2O3S. The van der Waals surface area contributed by atoms with Gasteiger partial charge in [-0.15, -0.1) is 0 Å². The predicted molar refractivity (Wildman–Crippen MR) is 20.5 cm³/mol. The Morgan fingerprint density at radius 2 is 1.56 bits per heavy atom. The van der Waals surface area contributed by atoms with Crippen molar-refractivity contribution in [2.24, 2.45) is 0 Å². The molecule has 9 heavy (non-hydrogen) atoms. The van der Waals surface area contributed by atoms with E-state index in [0.717, 1.165) is 0 Å². The molecule has 0 aliphatic carbocycles. The van der Waals surface area contributed by atoms with Gasteiger partial charge >= 0.3 is 27.1 Å². The molecule has 0 atom stereocenters. The Hall–Kier alpha value is 0.800. The summed E-state index contributed by atoms with van der Waals surface area (Å²) >= 11 is 3.78. The quantitative estimate of drug-likeness (QED) is 0.393. The molecule has 0 aromatic heterocycles. The van der Waals surface area contributed by atoms with Crippen LogP contribution in [-0.4, -0.2) is 17.7 Å². The molecule has 0 rings (SSSR count). The Kier molecular flexibility index (Phi) is 4.53. The number of halogens is 3. The summed E-state index contributed by atoms with van der Waals surface area (Å²) in [7, 11) is -5.66. The van der Waals surface area contributed by atoms with E-state index in [9.17, 15) is 21.8 Å². The first-order valence-corrected chi connectivity index (χ1v) is 3.06. The number of rotatable bonds is 1. The minimum absolute atomic E-state index is 0. The summed E-state index contributed by atoms with van der Waals surface area (Å²) in [5.74, 6) is 0. The van der Waals surface area contributed by atoms with Crippen LogP contribution in [0.4, 0.5) is 8.78 Å². The van der Waals surface area contributed by atoms with E-state index in [1.165, 1.54) is 0 Å². The van der Waals surface area contributed by atoms with Gasteiger partial charge in [-0.25, -0.2) is 8.42 Å². The summed E-state index contributed by atoms with van der Waals surface area (Å²) in [5.41, 5.74) is 0. The number of alkyl halides is 3. The van der Waals surface area contributed by atoms with Gasteiger partial charge in [0.15, 0.2) is 10.1 Å². The summed E-state index contributed by atoms with van der Waals surface area (Å²) in [6, 6.07) is 0. The standard InChI is InChI=1S/CHClF2O3S.Ag/c2-1(3,4)8(5,6)7;/h(H,5,6,7);/q;+1/p-1. The number of hydrogen-bond donors (Lipinski definition) is 0. The third kappa shape index (κ3) is 4.24. The topological polar surface area (TPSA) is 57.2 Å². The van der Waals surface area contributed by atoms with Crippen molar-refractivity contribution in [3.8, 4) is 0 Å². The molecule has 0 N–H and O–H groups in total. The molecule has 0 aliphatic rings. The van der Waals surface area contributed by atoms with E-state index in [1.807, 2.05) is 0 Å². The molecule has 0 aromatic carbocycles. The van der Waals surface area contributed by atoms with Gasteiger partial charge in [0.1, 0.15) is 0 Å². The van der Waals surface area contributed by atoms with Crippen LogP contribution >= 0.6 is 11.6 Å². The Balaban J connectivity index is 0. The van der Waals surface area contributed by atoms with E-state index in [1.54, 1.807) is 0 Å². The first kappa shape index (κ1) is 12.5. The van der Waals surface area contributed by atoms with Crippen LogP contribution in [0.15, 0.2) is 0 Å². The maximum atomic E-state index is 11.1. The Bertz CT molecular complexity index is 171. The van der Waals surface area contributed by atoms with Crippen LogP contribution in [0.2, 0.25) is 0 Å². The summed E-state index contributed by atoms with van der Waals surface area (Å²) < 4.78 is 45.2. The summed E-state index contributed by atoms with van der Waals surface area (Å²) in [4.78, 5) is 0. The maximum absolute atomic E-state index is 11.1. The van der Waals surface area contributed by atoms with Crippen LogP contribution in [0.5, 0.6) is 0 Å². The first-order chi connectivity index (χ1) is 3.25. The molecule has 8 heteroatoms. The van der Waals surface area contributed by atoms with Crippen LogP contribution in [-0.2, 0) is 32.5 Å². The van der Waals surface area contributed by atoms with Crippen molar-refractivity contribution >= 4 is 21.7 Å². The number of hydrogen-bond acceptors (Lipinski definition) is 3. The molecule has 3 nitrogen and oxygen atoms in total. The molecule has 60 valence electrons. The second-order valence-corrected chi connectivity index (χ2v) is 3.02. The van der Waals surface area contributed by atoms with Gasteiger partial charge in [0.25, 0.3) is 0 Å². The van der Waals surface area contributed by atoms with Crippen LogP contribution in [0, 0.1) is 0 Å². The maximum Gasteiger partial charge on any atom is 1.00 e. The SMILES string of the molecule is O=S(=O)([O-])C(F)(F)Cl.[Ag+]. The molecule has 0 bridgehead atoms. The molecule has 0 aromatic rings. The average molecular weight is 273 g/mol. The van der Waals surface area contributed by atoms with Gasteiger partial charge in [-0.05, 0) is 11.6 Å². The van der Waals surface area contributed by atoms with Crippen molar-refractivity contribution < 1.29 is 44.1 Å². The molecule has 0 amide bonds. The summed E-state index contributed by atoms with van der Waals surface area (Å²) in [6.45, 7) is 0. The van der Waals surface area contributed by atoms with Gasteiger partial charge in [-0.1, -0.05) is 0 Å². The van der Waals surface area contributed by atoms with Crippen LogP contribution in [0.1, 0.15) is 0 Å². The largest absolute Gasteiger partial charge is 1.00 e. The van der Waals surface area contributed by atoms with Crippen molar-refractivity contribution in [2.75, 3.05) is 0 Å². The van der Waals surface area contributed by atoms with Crippen molar-refractivity contribution in [3.63, 3.8) is 0 Å². The summed E-state index contributed by atoms with van der Waals surface area (Å²) in [5, 5.41) is 0. The fraction of sp³-hybridized carbons (Fsp3) is 1.00. The van der Waals surface area contributed by atoms with Crippen molar-refractivity contribution in [1.82, 2.24) is 0 Å². The third-order valence-electron chi connectivity index (χ3n) is 0.283. The molecule has 0 radical (unpaired) electrons. The average Bonchev–Trinajstić information content (AvgIpc) is 1.25. The fourth-order valence-electron chi connectivity index (χ4n) is 0. The zero-order valence-corrected chi connectivity index (χ0v) is 6.62. The van der Waals surface area contributed by atoms with Crippen molar-refractivity contribution in [3.05, 3.63) is 0 Å². The van der Waals surface area contributed by atoms with E-state index in [4.69, 9.17) is 0 Å². The Labute approximate surface area is 70.6 Å². The van der Waals surface area contributed by atoms with Gasteiger partial charge in [-0.2, -0.15) is 8.78 Å². The molecule has 0 unspecified atom stereocenters. The molecular weight excluding hydrogens is 273 g/mol. The zero-order valence-electron chi connectivity index (χ0n) is 3.57. The van der Waals surface area contributed by atoms with Crippen LogP contribution in [0.25, 0.3) is 0 Å². The first-order valence-electron chi connectivity index (χ1n) is 1.27. The Morgan fingerprint density at radius 1 is 1.44 bits per heavy atom. The zero-order chi connectivity index (χ0) is 7.00. The summed E-state index contributed by atoms with van der Waals surface area (Å²) in [6.07, 6.45) is 0. The van der Waals surface area contributed by atoms with Crippen molar-refractivity contribution in [1.29, 1.82) is 0 Å². The molecule has 0 saturated heterocycles. The third-order valence-corrected chi connectivity index (χ3v) is 1.42. The van der Waals surface area contributed by atoms with Crippen molar-refractivity contribution in [2.45, 2.75) is 4.71 Å². The van der Waals surface area contributed by atoms with E-state index in [2.05, 4.69) is 11.6 Å². The molecule has 0 aliphatic heterocycles. The normalized spacial score (nSPS) is 12.4. The monoisotopic (exact) mass is 272 g/mol. The predicted octanol–water partition coefficient (Wildman–Crippen LogP) is 0.318. The molecule has 0 heterocycles. The van der Waals surface area contributed by atoms with E-state index >= 15 is 0 Å². The van der Waals surface area contributed by atoms with Gasteiger partial charge in [0, 0.05) is 0 Å². The van der Waals surface area contributed by atoms with Gasteiger partial charge in [0.05, 0.1) is 0 Å². The fourth-order valence-corrected chi connectivity index (χ4v) is 0. The minimum Gasteiger partial charge on any atom is -0.742 e. The van der Waals surface area contributed by atoms with Gasteiger partial charge < -0.3 is 4.55 Å². The second-order valence-electron chi connectivity index (χ2n) is 0.900. The van der Waals surface area contributed by atoms with E-state index < -0.39 is 14.8 Å². The van der Waals surface area contributed by atoms with E-state index in [-0.39, 0.29) is 22.4 Å².